The molecule has 0 saturated heterocycles. The van der Waals surface area contributed by atoms with Crippen molar-refractivity contribution in [2.45, 2.75) is 46.1 Å². The van der Waals surface area contributed by atoms with Crippen molar-refractivity contribution in [3.8, 4) is 0 Å². The monoisotopic (exact) mass is 228 g/mol. The van der Waals surface area contributed by atoms with Crippen LogP contribution in [0.25, 0.3) is 0 Å². The summed E-state index contributed by atoms with van der Waals surface area (Å²) in [5, 5.41) is 0. The minimum atomic E-state index is -0.205. The van der Waals surface area contributed by atoms with E-state index in [0.29, 0.717) is 12.5 Å². The normalized spacial score (nSPS) is 14.1. The highest BCUT2D eigenvalue weighted by molar-refractivity contribution is 5.65. The summed E-state index contributed by atoms with van der Waals surface area (Å²) in [6.07, 6.45) is 6.07. The molecular weight excluding hydrogens is 204 g/mol. The molecule has 0 fully saturated rings. The number of esters is 1. The third-order valence-electron chi connectivity index (χ3n) is 2.50. The van der Waals surface area contributed by atoms with Gasteiger partial charge in [0.2, 0.25) is 0 Å². The molecule has 0 aliphatic heterocycles. The van der Waals surface area contributed by atoms with Crippen molar-refractivity contribution < 1.29 is 14.3 Å². The molecule has 0 unspecified atom stereocenters. The molecule has 0 N–H and O–H groups in total. The summed E-state index contributed by atoms with van der Waals surface area (Å²) >= 11 is 0. The van der Waals surface area contributed by atoms with E-state index in [1.807, 2.05) is 13.8 Å². The van der Waals surface area contributed by atoms with Gasteiger partial charge in [-0.3, -0.25) is 4.79 Å². The Bertz CT molecular complexity index is 231. The van der Waals surface area contributed by atoms with E-state index >= 15 is 0 Å². The van der Waals surface area contributed by atoms with Crippen LogP contribution in [0.5, 0.6) is 0 Å². The largest absolute Gasteiger partial charge is 0.466 e. The highest BCUT2D eigenvalue weighted by atomic mass is 16.5. The Morgan fingerprint density at radius 1 is 1.44 bits per heavy atom. The second-order valence-corrected chi connectivity index (χ2v) is 4.68. The maximum atomic E-state index is 10.6. The quantitative estimate of drug-likeness (QED) is 0.496. The SMILES string of the molecule is COC(C)(C)/C=C/C[C@H](C)CCOC(C)=O. The van der Waals surface area contributed by atoms with E-state index in [9.17, 15) is 4.79 Å². The summed E-state index contributed by atoms with van der Waals surface area (Å²) in [6, 6.07) is 0. The van der Waals surface area contributed by atoms with Gasteiger partial charge in [-0.15, -0.1) is 0 Å². The van der Waals surface area contributed by atoms with E-state index in [1.165, 1.54) is 6.92 Å². The van der Waals surface area contributed by atoms with E-state index in [4.69, 9.17) is 9.47 Å². The van der Waals surface area contributed by atoms with Crippen LogP contribution in [0.15, 0.2) is 12.2 Å². The van der Waals surface area contributed by atoms with Gasteiger partial charge in [0.1, 0.15) is 0 Å². The Balaban J connectivity index is 3.72. The molecule has 16 heavy (non-hydrogen) atoms. The van der Waals surface area contributed by atoms with Crippen molar-refractivity contribution in [1.29, 1.82) is 0 Å². The molecule has 0 aromatic heterocycles. The molecule has 0 spiro atoms. The first kappa shape index (κ1) is 15.2. The zero-order valence-corrected chi connectivity index (χ0v) is 11.1. The fraction of sp³-hybridized carbons (Fsp3) is 0.769. The van der Waals surface area contributed by atoms with E-state index in [1.54, 1.807) is 7.11 Å². The lowest BCUT2D eigenvalue weighted by Gasteiger charge is -2.18. The van der Waals surface area contributed by atoms with Crippen LogP contribution in [-0.2, 0) is 14.3 Å². The van der Waals surface area contributed by atoms with Gasteiger partial charge in [0, 0.05) is 14.0 Å². The number of carbonyl (C=O) groups is 1. The number of rotatable bonds is 7. The van der Waals surface area contributed by atoms with Crippen LogP contribution < -0.4 is 0 Å². The average molecular weight is 228 g/mol. The van der Waals surface area contributed by atoms with Crippen molar-refractivity contribution in [3.63, 3.8) is 0 Å². The second kappa shape index (κ2) is 7.44. The molecule has 3 heteroatoms. The van der Waals surface area contributed by atoms with Crippen LogP contribution in [0.4, 0.5) is 0 Å². The van der Waals surface area contributed by atoms with Crippen molar-refractivity contribution in [2.75, 3.05) is 13.7 Å². The molecule has 0 rings (SSSR count). The first-order valence-corrected chi connectivity index (χ1v) is 5.73. The Morgan fingerprint density at radius 3 is 2.56 bits per heavy atom. The van der Waals surface area contributed by atoms with Gasteiger partial charge in [-0.05, 0) is 32.6 Å². The predicted octanol–water partition coefficient (Wildman–Crippen LogP) is 2.95. The summed E-state index contributed by atoms with van der Waals surface area (Å²) < 4.78 is 10.2. The van der Waals surface area contributed by atoms with Gasteiger partial charge in [0.25, 0.3) is 0 Å². The van der Waals surface area contributed by atoms with Crippen LogP contribution >= 0.6 is 0 Å². The maximum Gasteiger partial charge on any atom is 0.302 e. The molecule has 0 aromatic carbocycles. The van der Waals surface area contributed by atoms with E-state index < -0.39 is 0 Å². The predicted molar refractivity (Wildman–Crippen MR) is 65.3 cm³/mol. The molecule has 0 aliphatic carbocycles. The van der Waals surface area contributed by atoms with E-state index in [2.05, 4.69) is 19.1 Å². The molecule has 0 radical (unpaired) electrons. The highest BCUT2D eigenvalue weighted by Crippen LogP contribution is 2.13. The molecule has 1 atom stereocenters. The lowest BCUT2D eigenvalue weighted by molar-refractivity contribution is -0.141. The fourth-order valence-electron chi connectivity index (χ4n) is 1.17. The smallest absolute Gasteiger partial charge is 0.302 e. The number of hydrogen-bond acceptors (Lipinski definition) is 3. The zero-order chi connectivity index (χ0) is 12.6. The fourth-order valence-corrected chi connectivity index (χ4v) is 1.17. The minimum Gasteiger partial charge on any atom is -0.466 e. The highest BCUT2D eigenvalue weighted by Gasteiger charge is 2.10. The summed E-state index contributed by atoms with van der Waals surface area (Å²) in [4.78, 5) is 10.6. The van der Waals surface area contributed by atoms with Gasteiger partial charge in [-0.2, -0.15) is 0 Å². The molecular formula is C13H24O3. The Morgan fingerprint density at radius 2 is 2.06 bits per heavy atom. The number of ether oxygens (including phenoxy) is 2. The number of methoxy groups -OCH3 is 1. The Labute approximate surface area is 98.8 Å². The molecule has 0 amide bonds. The van der Waals surface area contributed by atoms with Crippen LogP contribution in [0.3, 0.4) is 0 Å². The number of allylic oxidation sites excluding steroid dienone is 1. The summed E-state index contributed by atoms with van der Waals surface area (Å²) in [6.45, 7) is 8.14. The number of hydrogen-bond donors (Lipinski definition) is 0. The molecule has 94 valence electrons. The summed E-state index contributed by atoms with van der Waals surface area (Å²) in [5.74, 6) is 0.312. The minimum absolute atomic E-state index is 0.199. The van der Waals surface area contributed by atoms with Crippen molar-refractivity contribution in [1.82, 2.24) is 0 Å². The van der Waals surface area contributed by atoms with Gasteiger partial charge in [0.15, 0.2) is 0 Å². The third-order valence-corrected chi connectivity index (χ3v) is 2.50. The molecule has 0 aromatic rings. The summed E-state index contributed by atoms with van der Waals surface area (Å²) in [7, 11) is 1.70. The first-order valence-electron chi connectivity index (χ1n) is 5.73. The van der Waals surface area contributed by atoms with E-state index in [-0.39, 0.29) is 11.6 Å². The Kier molecular flexibility index (Phi) is 7.06. The third kappa shape index (κ3) is 8.48. The lowest BCUT2D eigenvalue weighted by atomic mass is 10.0. The van der Waals surface area contributed by atoms with Crippen LogP contribution in [0.2, 0.25) is 0 Å². The maximum absolute atomic E-state index is 10.6. The first-order chi connectivity index (χ1) is 7.37. The molecule has 0 heterocycles. The lowest BCUT2D eigenvalue weighted by Crippen LogP contribution is -2.18. The van der Waals surface area contributed by atoms with Gasteiger partial charge in [-0.25, -0.2) is 0 Å². The number of carbonyl (C=O) groups excluding carboxylic acids is 1. The van der Waals surface area contributed by atoms with Crippen molar-refractivity contribution >= 4 is 5.97 Å². The van der Waals surface area contributed by atoms with Gasteiger partial charge >= 0.3 is 5.97 Å². The zero-order valence-electron chi connectivity index (χ0n) is 11.1. The molecule has 0 aliphatic rings. The molecule has 0 bridgehead atoms. The average Bonchev–Trinajstić information content (AvgIpc) is 2.17. The molecule has 0 saturated carbocycles. The second-order valence-electron chi connectivity index (χ2n) is 4.68. The van der Waals surface area contributed by atoms with Gasteiger partial charge < -0.3 is 9.47 Å². The molecule has 3 nitrogen and oxygen atoms in total. The van der Waals surface area contributed by atoms with Crippen LogP contribution in [-0.4, -0.2) is 25.3 Å². The van der Waals surface area contributed by atoms with Crippen LogP contribution in [0.1, 0.15) is 40.5 Å². The van der Waals surface area contributed by atoms with Gasteiger partial charge in [0.05, 0.1) is 12.2 Å². The van der Waals surface area contributed by atoms with Crippen LogP contribution in [0, 0.1) is 5.92 Å². The van der Waals surface area contributed by atoms with Gasteiger partial charge in [-0.1, -0.05) is 19.1 Å². The van der Waals surface area contributed by atoms with Crippen molar-refractivity contribution in [3.05, 3.63) is 12.2 Å². The standard InChI is InChI=1S/C13H24O3/c1-11(8-10-16-12(2)14)7-6-9-13(3,4)15-5/h6,9,11H,7-8,10H2,1-5H3/b9-6+/t11-/m0/s1. The van der Waals surface area contributed by atoms with E-state index in [0.717, 1.165) is 12.8 Å². The Hall–Kier alpha value is -0.830. The van der Waals surface area contributed by atoms with Crippen molar-refractivity contribution in [2.24, 2.45) is 5.92 Å². The topological polar surface area (TPSA) is 35.5 Å². The summed E-state index contributed by atoms with van der Waals surface area (Å²) in [5.41, 5.74) is -0.199.